The minimum atomic E-state index is -4.29. The zero-order valence-corrected chi connectivity index (χ0v) is 10.1. The van der Waals surface area contributed by atoms with Crippen molar-refractivity contribution in [2.45, 2.75) is 19.5 Å². The Labute approximate surface area is 103 Å². The van der Waals surface area contributed by atoms with Gasteiger partial charge in [-0.3, -0.25) is 4.79 Å². The van der Waals surface area contributed by atoms with Crippen molar-refractivity contribution in [3.63, 3.8) is 0 Å². The van der Waals surface area contributed by atoms with E-state index in [9.17, 15) is 23.1 Å². The highest BCUT2D eigenvalue weighted by molar-refractivity contribution is 5.96. The van der Waals surface area contributed by atoms with Gasteiger partial charge in [0.1, 0.15) is 5.75 Å². The summed E-state index contributed by atoms with van der Waals surface area (Å²) in [5.74, 6) is -0.585. The van der Waals surface area contributed by atoms with Crippen LogP contribution in [-0.4, -0.2) is 35.7 Å². The van der Waals surface area contributed by atoms with Crippen LogP contribution in [0.2, 0.25) is 0 Å². The molecule has 0 unspecified atom stereocenters. The van der Waals surface area contributed by atoms with Crippen LogP contribution in [0.5, 0.6) is 5.75 Å². The molecule has 1 amide bonds. The number of carbonyl (C=O) groups is 1. The van der Waals surface area contributed by atoms with Gasteiger partial charge >= 0.3 is 6.18 Å². The van der Waals surface area contributed by atoms with Gasteiger partial charge < -0.3 is 10.0 Å². The summed E-state index contributed by atoms with van der Waals surface area (Å²) in [6.45, 7) is 1.14. The Balaban J connectivity index is 2.78. The lowest BCUT2D eigenvalue weighted by atomic mass is 10.1. The molecule has 3 nitrogen and oxygen atoms in total. The number of benzene rings is 1. The monoisotopic (exact) mass is 261 g/mol. The number of halogens is 3. The maximum Gasteiger partial charge on any atom is 0.390 e. The first-order valence-electron chi connectivity index (χ1n) is 5.33. The predicted molar refractivity (Wildman–Crippen MR) is 60.5 cm³/mol. The SMILES string of the molecule is Cc1c(O)cccc1C(=O)N(C)CCC(F)(F)F. The van der Waals surface area contributed by atoms with Gasteiger partial charge in [-0.05, 0) is 19.1 Å². The summed E-state index contributed by atoms with van der Waals surface area (Å²) < 4.78 is 36.1. The molecule has 1 N–H and O–H groups in total. The molecule has 0 aliphatic rings. The van der Waals surface area contributed by atoms with Gasteiger partial charge in [-0.2, -0.15) is 13.2 Å². The van der Waals surface area contributed by atoms with Crippen LogP contribution in [0, 0.1) is 6.92 Å². The fourth-order valence-corrected chi connectivity index (χ4v) is 1.46. The van der Waals surface area contributed by atoms with Gasteiger partial charge in [0, 0.05) is 24.7 Å². The van der Waals surface area contributed by atoms with Crippen LogP contribution in [0.25, 0.3) is 0 Å². The fraction of sp³-hybridized carbons (Fsp3) is 0.417. The summed E-state index contributed by atoms with van der Waals surface area (Å²) in [6, 6.07) is 4.37. The third kappa shape index (κ3) is 3.65. The van der Waals surface area contributed by atoms with Crippen LogP contribution in [0.4, 0.5) is 13.2 Å². The smallest absolute Gasteiger partial charge is 0.390 e. The summed E-state index contributed by atoms with van der Waals surface area (Å²) >= 11 is 0. The third-order valence-corrected chi connectivity index (χ3v) is 2.61. The second kappa shape index (κ2) is 5.29. The number of phenols is 1. The largest absolute Gasteiger partial charge is 0.508 e. The molecule has 0 aliphatic heterocycles. The van der Waals surface area contributed by atoms with E-state index in [4.69, 9.17) is 0 Å². The first-order valence-corrected chi connectivity index (χ1v) is 5.33. The molecule has 6 heteroatoms. The van der Waals surface area contributed by atoms with Crippen LogP contribution in [0.15, 0.2) is 18.2 Å². The molecule has 0 spiro atoms. The molecule has 0 aromatic heterocycles. The molecule has 0 saturated carbocycles. The van der Waals surface area contributed by atoms with Gasteiger partial charge in [0.15, 0.2) is 0 Å². The minimum Gasteiger partial charge on any atom is -0.508 e. The average Bonchev–Trinajstić information content (AvgIpc) is 2.28. The van der Waals surface area contributed by atoms with Crippen molar-refractivity contribution in [1.82, 2.24) is 4.90 Å². The summed E-state index contributed by atoms with van der Waals surface area (Å²) in [6.07, 6.45) is -5.34. The van der Waals surface area contributed by atoms with E-state index >= 15 is 0 Å². The first-order chi connectivity index (χ1) is 8.22. The zero-order chi connectivity index (χ0) is 13.9. The quantitative estimate of drug-likeness (QED) is 0.908. The standard InChI is InChI=1S/C12H14F3NO2/c1-8-9(4-3-5-10(8)17)11(18)16(2)7-6-12(13,14)15/h3-5,17H,6-7H2,1-2H3. The second-order valence-corrected chi connectivity index (χ2v) is 4.04. The number of hydrogen-bond acceptors (Lipinski definition) is 2. The Morgan fingerprint density at radius 3 is 2.56 bits per heavy atom. The van der Waals surface area contributed by atoms with E-state index in [1.54, 1.807) is 6.92 Å². The van der Waals surface area contributed by atoms with Gasteiger partial charge in [-0.15, -0.1) is 0 Å². The van der Waals surface area contributed by atoms with Crippen LogP contribution in [0.1, 0.15) is 22.3 Å². The Morgan fingerprint density at radius 1 is 1.39 bits per heavy atom. The summed E-state index contributed by atoms with van der Waals surface area (Å²) in [5.41, 5.74) is 0.570. The van der Waals surface area contributed by atoms with Gasteiger partial charge in [-0.25, -0.2) is 0 Å². The van der Waals surface area contributed by atoms with Crippen molar-refractivity contribution < 1.29 is 23.1 Å². The number of rotatable bonds is 3. The van der Waals surface area contributed by atoms with Gasteiger partial charge in [0.25, 0.3) is 5.91 Å². The van der Waals surface area contributed by atoms with Crippen molar-refractivity contribution in [2.24, 2.45) is 0 Å². The molecule has 18 heavy (non-hydrogen) atoms. The summed E-state index contributed by atoms with van der Waals surface area (Å²) in [7, 11) is 1.30. The van der Waals surface area contributed by atoms with Crippen LogP contribution < -0.4 is 0 Å². The Morgan fingerprint density at radius 2 is 2.00 bits per heavy atom. The van der Waals surface area contributed by atoms with Crippen LogP contribution in [0.3, 0.4) is 0 Å². The maximum atomic E-state index is 12.0. The van der Waals surface area contributed by atoms with Crippen molar-refractivity contribution in [2.75, 3.05) is 13.6 Å². The Hall–Kier alpha value is -1.72. The van der Waals surface area contributed by atoms with E-state index in [0.29, 0.717) is 5.56 Å². The number of aromatic hydroxyl groups is 1. The van der Waals surface area contributed by atoms with E-state index in [0.717, 1.165) is 4.90 Å². The highest BCUT2D eigenvalue weighted by Gasteiger charge is 2.28. The number of nitrogens with zero attached hydrogens (tertiary/aromatic N) is 1. The predicted octanol–water partition coefficient (Wildman–Crippen LogP) is 2.73. The minimum absolute atomic E-state index is 0.0509. The van der Waals surface area contributed by atoms with Crippen LogP contribution in [-0.2, 0) is 0 Å². The number of alkyl halides is 3. The van der Waals surface area contributed by atoms with Gasteiger partial charge in [0.05, 0.1) is 6.42 Å². The van der Waals surface area contributed by atoms with Crippen molar-refractivity contribution in [3.05, 3.63) is 29.3 Å². The lowest BCUT2D eigenvalue weighted by Gasteiger charge is -2.19. The molecular weight excluding hydrogens is 247 g/mol. The van der Waals surface area contributed by atoms with Crippen LogP contribution >= 0.6 is 0 Å². The molecule has 0 radical (unpaired) electrons. The van der Waals surface area contributed by atoms with Crippen molar-refractivity contribution in [3.8, 4) is 5.75 Å². The molecule has 100 valence electrons. The molecule has 0 aliphatic carbocycles. The van der Waals surface area contributed by atoms with Gasteiger partial charge in [0.2, 0.25) is 0 Å². The Kier molecular flexibility index (Phi) is 4.21. The highest BCUT2D eigenvalue weighted by atomic mass is 19.4. The van der Waals surface area contributed by atoms with E-state index in [2.05, 4.69) is 0 Å². The lowest BCUT2D eigenvalue weighted by Crippen LogP contribution is -2.31. The summed E-state index contributed by atoms with van der Waals surface area (Å²) in [4.78, 5) is 12.9. The molecule has 0 heterocycles. The molecular formula is C12H14F3NO2. The van der Waals surface area contributed by atoms with E-state index in [1.165, 1.54) is 25.2 Å². The topological polar surface area (TPSA) is 40.5 Å². The number of hydrogen-bond donors (Lipinski definition) is 1. The maximum absolute atomic E-state index is 12.0. The molecule has 1 aromatic rings. The normalized spacial score (nSPS) is 11.4. The number of amides is 1. The number of phenolic OH excluding ortho intramolecular Hbond substituents is 1. The number of carbonyl (C=O) groups excluding carboxylic acids is 1. The fourth-order valence-electron chi connectivity index (χ4n) is 1.46. The molecule has 0 atom stereocenters. The first kappa shape index (κ1) is 14.3. The average molecular weight is 261 g/mol. The molecule has 0 bridgehead atoms. The summed E-state index contributed by atoms with van der Waals surface area (Å²) in [5, 5.41) is 9.44. The van der Waals surface area contributed by atoms with Crippen molar-refractivity contribution >= 4 is 5.91 Å². The van der Waals surface area contributed by atoms with E-state index in [1.807, 2.05) is 0 Å². The second-order valence-electron chi connectivity index (χ2n) is 4.04. The third-order valence-electron chi connectivity index (χ3n) is 2.61. The van der Waals surface area contributed by atoms with Crippen molar-refractivity contribution in [1.29, 1.82) is 0 Å². The molecule has 0 fully saturated rings. The molecule has 0 saturated heterocycles. The Bertz CT molecular complexity index is 443. The highest BCUT2D eigenvalue weighted by Crippen LogP contribution is 2.22. The lowest BCUT2D eigenvalue weighted by molar-refractivity contribution is -0.136. The molecule has 1 aromatic carbocycles. The zero-order valence-electron chi connectivity index (χ0n) is 10.1. The molecule has 1 rings (SSSR count). The van der Waals surface area contributed by atoms with E-state index in [-0.39, 0.29) is 11.3 Å². The van der Waals surface area contributed by atoms with Gasteiger partial charge in [-0.1, -0.05) is 6.07 Å². The van der Waals surface area contributed by atoms with E-state index < -0.39 is 25.0 Å².